The molecular weight excluding hydrogens is 262 g/mol. The van der Waals surface area contributed by atoms with Gasteiger partial charge in [-0.1, -0.05) is 36.6 Å². The fourth-order valence-electron chi connectivity index (χ4n) is 1.81. The highest BCUT2D eigenvalue weighted by Crippen LogP contribution is 2.31. The molecule has 0 aliphatic rings. The highest BCUT2D eigenvalue weighted by Gasteiger charge is 2.12. The highest BCUT2D eigenvalue weighted by molar-refractivity contribution is 6.33. The van der Waals surface area contributed by atoms with Crippen molar-refractivity contribution in [1.82, 2.24) is 0 Å². The number of nitrogens with zero attached hydrogens (tertiary/aromatic N) is 1. The molecule has 0 radical (unpaired) electrons. The van der Waals surface area contributed by atoms with E-state index in [0.717, 1.165) is 30.3 Å². The number of rotatable bonds is 6. The van der Waals surface area contributed by atoms with Crippen LogP contribution in [0.2, 0.25) is 5.02 Å². The summed E-state index contributed by atoms with van der Waals surface area (Å²) in [6.45, 7) is 3.25. The molecule has 1 N–H and O–H groups in total. The zero-order valence-electron chi connectivity index (χ0n) is 10.8. The van der Waals surface area contributed by atoms with Gasteiger partial charge in [-0.3, -0.25) is 0 Å². The Morgan fingerprint density at radius 3 is 2.89 bits per heavy atom. The Balaban J connectivity index is 3.22. The van der Waals surface area contributed by atoms with Gasteiger partial charge in [-0.05, 0) is 24.1 Å². The van der Waals surface area contributed by atoms with Gasteiger partial charge in [-0.25, -0.2) is 4.79 Å². The second-order valence-corrected chi connectivity index (χ2v) is 4.38. The molecule has 0 saturated heterocycles. The molecule has 0 amide bonds. The first-order chi connectivity index (χ1) is 9.10. The van der Waals surface area contributed by atoms with Crippen LogP contribution in [0.5, 0.6) is 0 Å². The van der Waals surface area contributed by atoms with E-state index in [-0.39, 0.29) is 0 Å². The SMILES string of the molecule is C#CCN(CCC)c1c(Cl)cccc1/C=C/C(=O)O. The van der Waals surface area contributed by atoms with E-state index in [0.29, 0.717) is 11.6 Å². The van der Waals surface area contributed by atoms with Gasteiger partial charge in [-0.2, -0.15) is 0 Å². The summed E-state index contributed by atoms with van der Waals surface area (Å²) < 4.78 is 0. The molecular formula is C15H16ClNO2. The van der Waals surface area contributed by atoms with Crippen LogP contribution in [0.4, 0.5) is 5.69 Å². The quantitative estimate of drug-likeness (QED) is 0.641. The number of carbonyl (C=O) groups is 1. The van der Waals surface area contributed by atoms with Crippen molar-refractivity contribution in [3.05, 3.63) is 34.9 Å². The molecule has 4 heteroatoms. The number of hydrogen-bond acceptors (Lipinski definition) is 2. The van der Waals surface area contributed by atoms with Crippen molar-refractivity contribution >= 4 is 29.3 Å². The van der Waals surface area contributed by atoms with Gasteiger partial charge in [-0.15, -0.1) is 6.42 Å². The predicted octanol–water partition coefficient (Wildman–Crippen LogP) is 3.29. The molecule has 1 rings (SSSR count). The molecule has 1 aromatic carbocycles. The molecule has 0 aliphatic heterocycles. The Hall–Kier alpha value is -1.92. The van der Waals surface area contributed by atoms with Crippen LogP contribution in [0, 0.1) is 12.3 Å². The van der Waals surface area contributed by atoms with Crippen LogP contribution in [0.25, 0.3) is 6.08 Å². The van der Waals surface area contributed by atoms with Gasteiger partial charge < -0.3 is 10.0 Å². The molecule has 0 spiro atoms. The van der Waals surface area contributed by atoms with E-state index >= 15 is 0 Å². The fraction of sp³-hybridized carbons (Fsp3) is 0.267. The largest absolute Gasteiger partial charge is 0.478 e. The Labute approximate surface area is 118 Å². The van der Waals surface area contributed by atoms with Crippen LogP contribution < -0.4 is 4.90 Å². The lowest BCUT2D eigenvalue weighted by Crippen LogP contribution is -2.25. The van der Waals surface area contributed by atoms with Crippen molar-refractivity contribution in [2.45, 2.75) is 13.3 Å². The molecule has 0 aliphatic carbocycles. The third-order valence-corrected chi connectivity index (χ3v) is 2.82. The summed E-state index contributed by atoms with van der Waals surface area (Å²) in [5, 5.41) is 9.28. The van der Waals surface area contributed by atoms with E-state index in [1.807, 2.05) is 17.9 Å². The van der Waals surface area contributed by atoms with E-state index < -0.39 is 5.97 Å². The number of aliphatic carboxylic acids is 1. The molecule has 19 heavy (non-hydrogen) atoms. The van der Waals surface area contributed by atoms with Gasteiger partial charge >= 0.3 is 5.97 Å². The Morgan fingerprint density at radius 1 is 1.58 bits per heavy atom. The summed E-state index contributed by atoms with van der Waals surface area (Å²) >= 11 is 6.22. The number of halogens is 1. The minimum atomic E-state index is -0.995. The number of hydrogen-bond donors (Lipinski definition) is 1. The average Bonchev–Trinajstić information content (AvgIpc) is 2.36. The zero-order valence-corrected chi connectivity index (χ0v) is 11.5. The summed E-state index contributed by atoms with van der Waals surface area (Å²) in [6.07, 6.45) is 8.92. The summed E-state index contributed by atoms with van der Waals surface area (Å²) in [6, 6.07) is 5.38. The first-order valence-electron chi connectivity index (χ1n) is 5.98. The van der Waals surface area contributed by atoms with Gasteiger partial charge in [0.2, 0.25) is 0 Å². The van der Waals surface area contributed by atoms with Crippen molar-refractivity contribution in [2.24, 2.45) is 0 Å². The van der Waals surface area contributed by atoms with E-state index in [1.54, 1.807) is 12.1 Å². The van der Waals surface area contributed by atoms with Gasteiger partial charge in [0.15, 0.2) is 0 Å². The molecule has 0 atom stereocenters. The summed E-state index contributed by atoms with van der Waals surface area (Å²) in [5.74, 6) is 1.60. The van der Waals surface area contributed by atoms with Crippen LogP contribution in [0.1, 0.15) is 18.9 Å². The topological polar surface area (TPSA) is 40.5 Å². The number of para-hydroxylation sites is 1. The molecule has 0 saturated carbocycles. The van der Waals surface area contributed by atoms with Crippen LogP contribution in [-0.2, 0) is 4.79 Å². The normalized spacial score (nSPS) is 10.4. The lowest BCUT2D eigenvalue weighted by atomic mass is 10.1. The lowest BCUT2D eigenvalue weighted by molar-refractivity contribution is -0.131. The predicted molar refractivity (Wildman–Crippen MR) is 79.5 cm³/mol. The molecule has 1 aromatic rings. The van der Waals surface area contributed by atoms with Gasteiger partial charge in [0.25, 0.3) is 0 Å². The fourth-order valence-corrected chi connectivity index (χ4v) is 2.11. The second-order valence-electron chi connectivity index (χ2n) is 3.97. The zero-order chi connectivity index (χ0) is 14.3. The molecule has 0 aromatic heterocycles. The van der Waals surface area contributed by atoms with Gasteiger partial charge in [0.05, 0.1) is 17.3 Å². The van der Waals surface area contributed by atoms with Crippen molar-refractivity contribution < 1.29 is 9.90 Å². The van der Waals surface area contributed by atoms with Crippen molar-refractivity contribution in [1.29, 1.82) is 0 Å². The minimum absolute atomic E-state index is 0.436. The first-order valence-corrected chi connectivity index (χ1v) is 6.35. The molecule has 0 heterocycles. The molecule has 3 nitrogen and oxygen atoms in total. The first kappa shape index (κ1) is 15.1. The summed E-state index contributed by atoms with van der Waals surface area (Å²) in [5.41, 5.74) is 1.53. The number of benzene rings is 1. The van der Waals surface area contributed by atoms with Crippen LogP contribution in [0.3, 0.4) is 0 Å². The maximum Gasteiger partial charge on any atom is 0.328 e. The van der Waals surface area contributed by atoms with Crippen molar-refractivity contribution in [3.63, 3.8) is 0 Å². The smallest absolute Gasteiger partial charge is 0.328 e. The minimum Gasteiger partial charge on any atom is -0.478 e. The molecule has 0 unspecified atom stereocenters. The number of terminal acetylenes is 1. The molecule has 0 fully saturated rings. The summed E-state index contributed by atoms with van der Waals surface area (Å²) in [4.78, 5) is 12.6. The van der Waals surface area contributed by atoms with Crippen LogP contribution in [-0.4, -0.2) is 24.2 Å². The maximum absolute atomic E-state index is 10.6. The monoisotopic (exact) mass is 277 g/mol. The molecule has 100 valence electrons. The Morgan fingerprint density at radius 2 is 2.32 bits per heavy atom. The Kier molecular flexibility index (Phi) is 5.98. The van der Waals surface area contributed by atoms with E-state index in [4.69, 9.17) is 23.1 Å². The lowest BCUT2D eigenvalue weighted by Gasteiger charge is -2.25. The van der Waals surface area contributed by atoms with Crippen LogP contribution in [0.15, 0.2) is 24.3 Å². The highest BCUT2D eigenvalue weighted by atomic mass is 35.5. The van der Waals surface area contributed by atoms with Gasteiger partial charge in [0.1, 0.15) is 0 Å². The standard InChI is InChI=1S/C15H16ClNO2/c1-3-10-17(11-4-2)15-12(8-9-14(18)19)6-5-7-13(15)16/h1,5-9H,4,10-11H2,2H3,(H,18,19)/b9-8+. The van der Waals surface area contributed by atoms with E-state index in [1.165, 1.54) is 6.08 Å². The van der Waals surface area contributed by atoms with Gasteiger partial charge in [0, 0.05) is 12.6 Å². The third kappa shape index (κ3) is 4.35. The average molecular weight is 278 g/mol. The van der Waals surface area contributed by atoms with Crippen molar-refractivity contribution in [2.75, 3.05) is 18.0 Å². The number of carboxylic acids is 1. The maximum atomic E-state index is 10.6. The van der Waals surface area contributed by atoms with E-state index in [2.05, 4.69) is 5.92 Å². The van der Waals surface area contributed by atoms with Crippen LogP contribution >= 0.6 is 11.6 Å². The molecule has 0 bridgehead atoms. The number of carboxylic acid groups (broad SMARTS) is 1. The second kappa shape index (κ2) is 7.50. The van der Waals surface area contributed by atoms with Crippen molar-refractivity contribution in [3.8, 4) is 12.3 Å². The Bertz CT molecular complexity index is 517. The summed E-state index contributed by atoms with van der Waals surface area (Å²) in [7, 11) is 0. The third-order valence-electron chi connectivity index (χ3n) is 2.52. The number of anilines is 1. The van der Waals surface area contributed by atoms with E-state index in [9.17, 15) is 4.79 Å².